The van der Waals surface area contributed by atoms with Crippen molar-refractivity contribution in [2.45, 2.75) is 25.8 Å². The Hall–Kier alpha value is -4.48. The Morgan fingerprint density at radius 3 is 2.21 bits per heavy atom. The highest BCUT2D eigenvalue weighted by atomic mass is 35.5. The van der Waals surface area contributed by atoms with Gasteiger partial charge in [0.1, 0.15) is 5.75 Å². The van der Waals surface area contributed by atoms with Crippen LogP contribution < -0.4 is 10.9 Å². The van der Waals surface area contributed by atoms with Crippen molar-refractivity contribution in [1.82, 2.24) is 15.2 Å². The second-order valence-electron chi connectivity index (χ2n) is 9.26. The molecule has 1 heterocycles. The number of H-pyrrole nitrogens is 1. The Kier molecular flexibility index (Phi) is 9.13. The molecule has 0 aliphatic carbocycles. The summed E-state index contributed by atoms with van der Waals surface area (Å²) >= 11 is 12.1. The van der Waals surface area contributed by atoms with E-state index >= 15 is 0 Å². The number of phenols is 1. The number of nitrogens with zero attached hydrogens (tertiary/aromatic N) is 1. The maximum Gasteiger partial charge on any atom is 0.416 e. The van der Waals surface area contributed by atoms with Gasteiger partial charge >= 0.3 is 6.18 Å². The van der Waals surface area contributed by atoms with E-state index in [1.807, 2.05) is 0 Å². The number of aromatic hydroxyl groups is 2. The standard InChI is InChI=1S/C29H22Cl2F3N3O5/c30-21-11-22(26(40)23(31)12-21)28(42)37(14-16-4-6-20(7-5-16)29(32,33)34)15-18-3-1-2-17(8-18)13-35-27(41)19-9-24(38)36-25(39)10-19/h1-12,40H,13-15H2,(H,35,41)(H2,36,38,39). The highest BCUT2D eigenvalue weighted by Gasteiger charge is 2.30. The molecule has 8 nitrogen and oxygen atoms in total. The van der Waals surface area contributed by atoms with E-state index in [-0.39, 0.29) is 40.8 Å². The number of halogens is 5. The molecule has 4 N–H and O–H groups in total. The first-order chi connectivity index (χ1) is 19.8. The summed E-state index contributed by atoms with van der Waals surface area (Å²) in [6, 6.07) is 15.8. The quantitative estimate of drug-likeness (QED) is 0.196. The van der Waals surface area contributed by atoms with Crippen LogP contribution in [-0.2, 0) is 25.8 Å². The Morgan fingerprint density at radius 2 is 1.55 bits per heavy atom. The summed E-state index contributed by atoms with van der Waals surface area (Å²) in [5.74, 6) is -2.23. The highest BCUT2D eigenvalue weighted by Crippen LogP contribution is 2.33. The first-order valence-corrected chi connectivity index (χ1v) is 13.0. The molecule has 0 atom stereocenters. The fourth-order valence-electron chi connectivity index (χ4n) is 4.12. The largest absolute Gasteiger partial charge is 0.506 e. The summed E-state index contributed by atoms with van der Waals surface area (Å²) in [7, 11) is 0. The fourth-order valence-corrected chi connectivity index (χ4v) is 4.61. The monoisotopic (exact) mass is 619 g/mol. The summed E-state index contributed by atoms with van der Waals surface area (Å²) in [6.45, 7) is -0.113. The number of aromatic nitrogens is 1. The molecule has 0 aliphatic heterocycles. The minimum atomic E-state index is -4.52. The molecule has 42 heavy (non-hydrogen) atoms. The third kappa shape index (κ3) is 7.62. The van der Waals surface area contributed by atoms with Gasteiger partial charge in [-0.1, -0.05) is 59.6 Å². The van der Waals surface area contributed by atoms with E-state index in [1.54, 1.807) is 24.3 Å². The van der Waals surface area contributed by atoms with Crippen molar-refractivity contribution in [2.24, 2.45) is 0 Å². The van der Waals surface area contributed by atoms with E-state index < -0.39 is 40.7 Å². The average molecular weight is 620 g/mol. The number of pyridine rings is 1. The van der Waals surface area contributed by atoms with E-state index in [4.69, 9.17) is 23.2 Å². The molecule has 0 bridgehead atoms. The topological polar surface area (TPSA) is 123 Å². The van der Waals surface area contributed by atoms with Crippen LogP contribution in [-0.4, -0.2) is 31.9 Å². The van der Waals surface area contributed by atoms with Crippen LogP contribution in [0, 0.1) is 0 Å². The second-order valence-corrected chi connectivity index (χ2v) is 10.1. The molecule has 13 heteroatoms. The number of nitrogens with one attached hydrogen (secondary N) is 2. The van der Waals surface area contributed by atoms with Gasteiger partial charge in [0.25, 0.3) is 17.4 Å². The van der Waals surface area contributed by atoms with Crippen molar-refractivity contribution in [2.75, 3.05) is 0 Å². The number of hydrogen-bond donors (Lipinski definition) is 4. The lowest BCUT2D eigenvalue weighted by Crippen LogP contribution is -2.30. The van der Waals surface area contributed by atoms with Gasteiger partial charge in [-0.15, -0.1) is 0 Å². The van der Waals surface area contributed by atoms with Crippen molar-refractivity contribution in [1.29, 1.82) is 0 Å². The van der Waals surface area contributed by atoms with Crippen molar-refractivity contribution in [3.05, 3.63) is 127 Å². The van der Waals surface area contributed by atoms with Crippen molar-refractivity contribution >= 4 is 35.0 Å². The van der Waals surface area contributed by atoms with Gasteiger partial charge in [-0.2, -0.15) is 13.2 Å². The lowest BCUT2D eigenvalue weighted by Gasteiger charge is -2.24. The minimum absolute atomic E-state index is 0.0346. The number of benzene rings is 3. The molecule has 0 aliphatic rings. The first-order valence-electron chi connectivity index (χ1n) is 12.2. The Balaban J connectivity index is 1.58. The lowest BCUT2D eigenvalue weighted by molar-refractivity contribution is -0.137. The van der Waals surface area contributed by atoms with Crippen LogP contribution in [0.5, 0.6) is 11.6 Å². The van der Waals surface area contributed by atoms with E-state index in [0.29, 0.717) is 16.7 Å². The van der Waals surface area contributed by atoms with Gasteiger partial charge in [0.2, 0.25) is 0 Å². The molecule has 3 aromatic carbocycles. The number of carbonyl (C=O) groups is 2. The highest BCUT2D eigenvalue weighted by molar-refractivity contribution is 6.36. The van der Waals surface area contributed by atoms with E-state index in [1.165, 1.54) is 29.2 Å². The Bertz CT molecular complexity index is 1690. The van der Waals surface area contributed by atoms with E-state index in [0.717, 1.165) is 24.3 Å². The molecule has 0 saturated carbocycles. The first kappa shape index (κ1) is 30.5. The molecular formula is C29H22Cl2F3N3O5. The zero-order chi connectivity index (χ0) is 30.6. The molecule has 0 fully saturated rings. The maximum atomic E-state index is 13.6. The molecule has 0 radical (unpaired) electrons. The summed E-state index contributed by atoms with van der Waals surface area (Å²) in [6.07, 6.45) is -4.52. The summed E-state index contributed by atoms with van der Waals surface area (Å²) in [5, 5.41) is 22.6. The molecule has 0 spiro atoms. The zero-order valence-corrected chi connectivity index (χ0v) is 23.0. The van der Waals surface area contributed by atoms with E-state index in [2.05, 4.69) is 10.3 Å². The Labute approximate surface area is 246 Å². The van der Waals surface area contributed by atoms with Crippen molar-refractivity contribution in [3.63, 3.8) is 0 Å². The van der Waals surface area contributed by atoms with E-state index in [9.17, 15) is 37.8 Å². The molecule has 218 valence electrons. The molecule has 2 amide bonds. The van der Waals surface area contributed by atoms with Crippen LogP contribution in [0.15, 0.2) is 77.6 Å². The second kappa shape index (κ2) is 12.6. The molecule has 1 aromatic heterocycles. The van der Waals surface area contributed by atoms with Crippen LogP contribution in [0.1, 0.15) is 43.0 Å². The SMILES string of the molecule is O=C(NCc1cccc(CN(Cc2ccc(C(F)(F)F)cc2)C(=O)c2cc(Cl)cc(Cl)c2O)c1)c1cc(O)[nH]c(=O)c1. The normalized spacial score (nSPS) is 11.3. The average Bonchev–Trinajstić information content (AvgIpc) is 2.92. The number of phenolic OH excluding ortho intramolecular Hbond substituents is 1. The van der Waals surface area contributed by atoms with Gasteiger partial charge < -0.3 is 20.4 Å². The van der Waals surface area contributed by atoms with Crippen LogP contribution >= 0.6 is 23.2 Å². The summed E-state index contributed by atoms with van der Waals surface area (Å²) in [5.41, 5.74) is -0.0903. The predicted octanol–water partition coefficient (Wildman–Crippen LogP) is 5.88. The summed E-state index contributed by atoms with van der Waals surface area (Å²) < 4.78 is 39.2. The molecule has 0 unspecified atom stereocenters. The van der Waals surface area contributed by atoms with Gasteiger partial charge in [0.05, 0.1) is 21.7 Å². The molecule has 0 saturated heterocycles. The van der Waals surface area contributed by atoms with Crippen molar-refractivity contribution < 1.29 is 33.0 Å². The van der Waals surface area contributed by atoms with Gasteiger partial charge in [-0.25, -0.2) is 0 Å². The maximum absolute atomic E-state index is 13.6. The lowest BCUT2D eigenvalue weighted by atomic mass is 10.1. The van der Waals surface area contributed by atoms with Crippen LogP contribution in [0.25, 0.3) is 0 Å². The number of hydrogen-bond acceptors (Lipinski definition) is 5. The van der Waals surface area contributed by atoms with Gasteiger partial charge in [-0.3, -0.25) is 19.4 Å². The fraction of sp³-hybridized carbons (Fsp3) is 0.138. The predicted molar refractivity (Wildman–Crippen MR) is 149 cm³/mol. The number of alkyl halides is 3. The minimum Gasteiger partial charge on any atom is -0.506 e. The third-order valence-electron chi connectivity index (χ3n) is 6.11. The van der Waals surface area contributed by atoms with Gasteiger partial charge in [-0.05, 0) is 41.0 Å². The van der Waals surface area contributed by atoms with Crippen LogP contribution in [0.2, 0.25) is 10.0 Å². The number of carbonyl (C=O) groups excluding carboxylic acids is 2. The summed E-state index contributed by atoms with van der Waals surface area (Å²) in [4.78, 5) is 41.0. The smallest absolute Gasteiger partial charge is 0.416 e. The van der Waals surface area contributed by atoms with Gasteiger partial charge in [0.15, 0.2) is 5.88 Å². The molecular weight excluding hydrogens is 598 g/mol. The van der Waals surface area contributed by atoms with Crippen LogP contribution in [0.4, 0.5) is 13.2 Å². The molecule has 4 aromatic rings. The number of aromatic amines is 1. The molecule has 4 rings (SSSR count). The Morgan fingerprint density at radius 1 is 0.881 bits per heavy atom. The van der Waals surface area contributed by atoms with Gasteiger partial charge in [0, 0.05) is 36.8 Å². The van der Waals surface area contributed by atoms with Crippen LogP contribution in [0.3, 0.4) is 0 Å². The zero-order valence-electron chi connectivity index (χ0n) is 21.5. The number of rotatable bonds is 8. The number of amides is 2. The van der Waals surface area contributed by atoms with Crippen molar-refractivity contribution in [3.8, 4) is 11.6 Å². The third-order valence-corrected chi connectivity index (χ3v) is 6.62.